The number of hydrogen-bond donors (Lipinski definition) is 2. The Hall–Kier alpha value is -2.95. The summed E-state index contributed by atoms with van der Waals surface area (Å²) in [6.45, 7) is 1.13. The molecule has 3 rings (SSSR count). The van der Waals surface area contributed by atoms with E-state index in [1.165, 1.54) is 18.1 Å². The summed E-state index contributed by atoms with van der Waals surface area (Å²) in [6, 6.07) is 29.8. The zero-order valence-corrected chi connectivity index (χ0v) is 14.8. The van der Waals surface area contributed by atoms with Crippen molar-refractivity contribution in [1.82, 2.24) is 0 Å². The van der Waals surface area contributed by atoms with Crippen molar-refractivity contribution < 1.29 is 19.7 Å². The van der Waals surface area contributed by atoms with E-state index in [2.05, 4.69) is 48.5 Å². The minimum Gasteiger partial charge on any atom is -0.427 e. The van der Waals surface area contributed by atoms with E-state index in [9.17, 15) is 4.79 Å². The standard InChI is InChI=1S/C12H10.C8H8O2.C2H6O2/c1-3-7-11(8-4-1)12-9-5-2-6-10-12;1-7(9)10-8-5-3-2-4-6-8;3-1-2-4/h1-10H;2-6H,1H3;3-4H,1-2H2. The van der Waals surface area contributed by atoms with Gasteiger partial charge in [0.15, 0.2) is 0 Å². The summed E-state index contributed by atoms with van der Waals surface area (Å²) in [7, 11) is 0. The van der Waals surface area contributed by atoms with Crippen LogP contribution in [0.3, 0.4) is 0 Å². The second kappa shape index (κ2) is 13.4. The highest BCUT2D eigenvalue weighted by atomic mass is 16.5. The average molecular weight is 352 g/mol. The van der Waals surface area contributed by atoms with Gasteiger partial charge in [-0.3, -0.25) is 4.79 Å². The van der Waals surface area contributed by atoms with Crippen LogP contribution >= 0.6 is 0 Å². The van der Waals surface area contributed by atoms with Crippen LogP contribution in [-0.4, -0.2) is 29.4 Å². The SMILES string of the molecule is CC(=O)Oc1ccccc1.OCCO.c1ccc(-c2ccccc2)cc1. The zero-order valence-electron chi connectivity index (χ0n) is 14.8. The molecule has 0 amide bonds. The van der Waals surface area contributed by atoms with Crippen LogP contribution in [0.5, 0.6) is 5.75 Å². The molecule has 0 saturated heterocycles. The molecule has 0 fully saturated rings. The topological polar surface area (TPSA) is 66.8 Å². The quantitative estimate of drug-likeness (QED) is 0.553. The van der Waals surface area contributed by atoms with E-state index in [4.69, 9.17) is 14.9 Å². The second-order valence-corrected chi connectivity index (χ2v) is 5.09. The molecule has 0 aliphatic rings. The Bertz CT molecular complexity index is 673. The van der Waals surface area contributed by atoms with Crippen molar-refractivity contribution in [2.24, 2.45) is 0 Å². The molecule has 0 heterocycles. The Morgan fingerprint density at radius 2 is 1.04 bits per heavy atom. The normalized spacial score (nSPS) is 9.04. The first-order valence-electron chi connectivity index (χ1n) is 8.23. The van der Waals surface area contributed by atoms with Crippen LogP contribution in [0.2, 0.25) is 0 Å². The molecule has 26 heavy (non-hydrogen) atoms. The van der Waals surface area contributed by atoms with Crippen molar-refractivity contribution >= 4 is 5.97 Å². The average Bonchev–Trinajstić information content (AvgIpc) is 2.70. The van der Waals surface area contributed by atoms with Crippen molar-refractivity contribution in [1.29, 1.82) is 0 Å². The fourth-order valence-corrected chi connectivity index (χ4v) is 1.92. The molecule has 0 unspecified atom stereocenters. The lowest BCUT2D eigenvalue weighted by Gasteiger charge is -1.98. The summed E-state index contributed by atoms with van der Waals surface area (Å²) in [5.74, 6) is 0.307. The van der Waals surface area contributed by atoms with Crippen molar-refractivity contribution in [3.63, 3.8) is 0 Å². The largest absolute Gasteiger partial charge is 0.427 e. The Morgan fingerprint density at radius 1 is 0.692 bits per heavy atom. The molecular formula is C22H24O4. The summed E-state index contributed by atoms with van der Waals surface area (Å²) in [4.78, 5) is 10.4. The zero-order chi connectivity index (χ0) is 19.0. The highest BCUT2D eigenvalue weighted by Crippen LogP contribution is 2.17. The molecule has 136 valence electrons. The molecule has 0 aliphatic heterocycles. The first-order valence-corrected chi connectivity index (χ1v) is 8.23. The minimum absolute atomic E-state index is 0.125. The van der Waals surface area contributed by atoms with Gasteiger partial charge in [-0.2, -0.15) is 0 Å². The van der Waals surface area contributed by atoms with Crippen molar-refractivity contribution in [2.75, 3.05) is 13.2 Å². The third kappa shape index (κ3) is 9.37. The Morgan fingerprint density at radius 3 is 1.35 bits per heavy atom. The highest BCUT2D eigenvalue weighted by molar-refractivity contribution is 5.69. The number of benzene rings is 3. The van der Waals surface area contributed by atoms with E-state index in [1.54, 1.807) is 12.1 Å². The predicted molar refractivity (Wildman–Crippen MR) is 104 cm³/mol. The van der Waals surface area contributed by atoms with E-state index in [1.807, 2.05) is 30.3 Å². The maximum atomic E-state index is 10.4. The van der Waals surface area contributed by atoms with E-state index in [-0.39, 0.29) is 19.2 Å². The molecule has 0 spiro atoms. The third-order valence-electron chi connectivity index (χ3n) is 2.99. The van der Waals surface area contributed by atoms with Gasteiger partial charge in [0.1, 0.15) is 5.75 Å². The van der Waals surface area contributed by atoms with Crippen LogP contribution in [0.4, 0.5) is 0 Å². The first-order chi connectivity index (χ1) is 12.7. The number of ether oxygens (including phenoxy) is 1. The van der Waals surface area contributed by atoms with Gasteiger partial charge in [0.2, 0.25) is 0 Å². The van der Waals surface area contributed by atoms with Crippen LogP contribution in [0, 0.1) is 0 Å². The predicted octanol–water partition coefficient (Wildman–Crippen LogP) is 3.94. The summed E-state index contributed by atoms with van der Waals surface area (Å²) in [5, 5.41) is 15.2. The molecule has 0 bridgehead atoms. The summed E-state index contributed by atoms with van der Waals surface area (Å²) >= 11 is 0. The van der Waals surface area contributed by atoms with Gasteiger partial charge in [0, 0.05) is 6.92 Å². The number of carbonyl (C=O) groups excluding carboxylic acids is 1. The molecule has 2 N–H and O–H groups in total. The van der Waals surface area contributed by atoms with Gasteiger partial charge in [-0.25, -0.2) is 0 Å². The van der Waals surface area contributed by atoms with Crippen LogP contribution in [0.1, 0.15) is 6.92 Å². The van der Waals surface area contributed by atoms with Crippen molar-refractivity contribution in [2.45, 2.75) is 6.92 Å². The summed E-state index contributed by atoms with van der Waals surface area (Å²) < 4.78 is 4.78. The lowest BCUT2D eigenvalue weighted by atomic mass is 10.1. The molecular weight excluding hydrogens is 328 g/mol. The van der Waals surface area contributed by atoms with Gasteiger partial charge in [-0.05, 0) is 23.3 Å². The number of rotatable bonds is 3. The van der Waals surface area contributed by atoms with Crippen molar-refractivity contribution in [3.05, 3.63) is 91.0 Å². The second-order valence-electron chi connectivity index (χ2n) is 5.09. The van der Waals surface area contributed by atoms with Gasteiger partial charge < -0.3 is 14.9 Å². The van der Waals surface area contributed by atoms with E-state index >= 15 is 0 Å². The van der Waals surface area contributed by atoms with Gasteiger partial charge in [0.25, 0.3) is 0 Å². The van der Waals surface area contributed by atoms with E-state index in [0.717, 1.165) is 0 Å². The lowest BCUT2D eigenvalue weighted by molar-refractivity contribution is -0.131. The van der Waals surface area contributed by atoms with Gasteiger partial charge in [-0.15, -0.1) is 0 Å². The number of esters is 1. The summed E-state index contributed by atoms with van der Waals surface area (Å²) in [6.07, 6.45) is 0. The maximum Gasteiger partial charge on any atom is 0.308 e. The molecule has 3 aromatic rings. The van der Waals surface area contributed by atoms with Crippen LogP contribution < -0.4 is 4.74 Å². The highest BCUT2D eigenvalue weighted by Gasteiger charge is 1.93. The minimum atomic E-state index is -0.286. The molecule has 0 radical (unpaired) electrons. The maximum absolute atomic E-state index is 10.4. The molecule has 0 aliphatic carbocycles. The van der Waals surface area contributed by atoms with Crippen LogP contribution in [0.25, 0.3) is 11.1 Å². The van der Waals surface area contributed by atoms with Gasteiger partial charge >= 0.3 is 5.97 Å². The van der Waals surface area contributed by atoms with Gasteiger partial charge in [-0.1, -0.05) is 78.9 Å². The van der Waals surface area contributed by atoms with Crippen LogP contribution in [0.15, 0.2) is 91.0 Å². The van der Waals surface area contributed by atoms with Crippen LogP contribution in [-0.2, 0) is 4.79 Å². The third-order valence-corrected chi connectivity index (χ3v) is 2.99. The fraction of sp³-hybridized carbons (Fsp3) is 0.136. The molecule has 0 aromatic heterocycles. The van der Waals surface area contributed by atoms with E-state index < -0.39 is 0 Å². The molecule has 0 saturated carbocycles. The first kappa shape index (κ1) is 21.1. The Kier molecular flexibility index (Phi) is 10.8. The van der Waals surface area contributed by atoms with Crippen molar-refractivity contribution in [3.8, 4) is 16.9 Å². The molecule has 0 atom stereocenters. The Balaban J connectivity index is 0.000000220. The number of aliphatic hydroxyl groups excluding tert-OH is 2. The molecule has 4 nitrogen and oxygen atoms in total. The number of hydrogen-bond acceptors (Lipinski definition) is 4. The van der Waals surface area contributed by atoms with Gasteiger partial charge in [0.05, 0.1) is 13.2 Å². The molecule has 4 heteroatoms. The fourth-order valence-electron chi connectivity index (χ4n) is 1.92. The lowest BCUT2D eigenvalue weighted by Crippen LogP contribution is -2.00. The summed E-state index contributed by atoms with van der Waals surface area (Å²) in [5.41, 5.74) is 2.55. The number of para-hydroxylation sites is 1. The smallest absolute Gasteiger partial charge is 0.308 e. The Labute approximate surface area is 154 Å². The number of aliphatic hydroxyl groups is 2. The molecule has 3 aromatic carbocycles. The van der Waals surface area contributed by atoms with E-state index in [0.29, 0.717) is 5.75 Å². The monoisotopic (exact) mass is 352 g/mol. The number of carbonyl (C=O) groups is 1.